The summed E-state index contributed by atoms with van der Waals surface area (Å²) in [4.78, 5) is 0. The van der Waals surface area contributed by atoms with Crippen LogP contribution in [-0.2, 0) is 0 Å². The van der Waals surface area contributed by atoms with Crippen molar-refractivity contribution in [1.29, 1.82) is 0 Å². The Labute approximate surface area is 78.6 Å². The Balaban J connectivity index is 2.78. The first-order valence-electron chi connectivity index (χ1n) is 4.23. The average Bonchev–Trinajstić information content (AvgIpc) is 2.08. The standard InChI is InChI=1S/C9H13BO3/c1-7(2)12-8-5-3-4-6-9(8)13-10-11/h3-7,10-11H,1-2H3. The third-order valence-electron chi connectivity index (χ3n) is 1.43. The first-order valence-corrected chi connectivity index (χ1v) is 4.23. The van der Waals surface area contributed by atoms with Gasteiger partial charge in [-0.15, -0.1) is 0 Å². The molecule has 0 aliphatic heterocycles. The number of rotatable bonds is 4. The van der Waals surface area contributed by atoms with Gasteiger partial charge in [0.1, 0.15) is 5.75 Å². The lowest BCUT2D eigenvalue weighted by Crippen LogP contribution is -2.08. The molecular formula is C9H13BO3. The minimum absolute atomic E-state index is 0.100. The van der Waals surface area contributed by atoms with Gasteiger partial charge >= 0.3 is 7.69 Å². The van der Waals surface area contributed by atoms with Crippen LogP contribution in [0.3, 0.4) is 0 Å². The molecule has 0 amide bonds. The van der Waals surface area contributed by atoms with E-state index in [-0.39, 0.29) is 13.8 Å². The van der Waals surface area contributed by atoms with Gasteiger partial charge in [-0.25, -0.2) is 0 Å². The summed E-state index contributed by atoms with van der Waals surface area (Å²) in [6, 6.07) is 7.26. The van der Waals surface area contributed by atoms with E-state index in [4.69, 9.17) is 14.4 Å². The molecule has 0 heterocycles. The van der Waals surface area contributed by atoms with Gasteiger partial charge in [0.05, 0.1) is 6.10 Å². The quantitative estimate of drug-likeness (QED) is 0.705. The van der Waals surface area contributed by atoms with Gasteiger partial charge < -0.3 is 14.4 Å². The van der Waals surface area contributed by atoms with Crippen LogP contribution in [0.15, 0.2) is 24.3 Å². The van der Waals surface area contributed by atoms with Crippen LogP contribution in [0.2, 0.25) is 0 Å². The van der Waals surface area contributed by atoms with Crippen molar-refractivity contribution in [3.8, 4) is 11.5 Å². The summed E-state index contributed by atoms with van der Waals surface area (Å²) >= 11 is 0. The molecule has 0 saturated heterocycles. The van der Waals surface area contributed by atoms with Gasteiger partial charge in [-0.05, 0) is 26.0 Å². The number of hydrogen-bond donors (Lipinski definition) is 1. The topological polar surface area (TPSA) is 38.7 Å². The van der Waals surface area contributed by atoms with Gasteiger partial charge in [0, 0.05) is 0 Å². The molecule has 0 saturated carbocycles. The monoisotopic (exact) mass is 180 g/mol. The summed E-state index contributed by atoms with van der Waals surface area (Å²) in [6.07, 6.45) is 0.100. The molecule has 3 nitrogen and oxygen atoms in total. The van der Waals surface area contributed by atoms with E-state index in [1.165, 1.54) is 0 Å². The maximum atomic E-state index is 8.60. The maximum Gasteiger partial charge on any atom is 0.504 e. The van der Waals surface area contributed by atoms with E-state index in [0.29, 0.717) is 11.5 Å². The molecule has 1 aromatic carbocycles. The predicted octanol–water partition coefficient (Wildman–Crippen LogP) is 1.11. The Hall–Kier alpha value is -1.16. The fourth-order valence-corrected chi connectivity index (χ4v) is 0.990. The summed E-state index contributed by atoms with van der Waals surface area (Å²) in [5, 5.41) is 8.60. The minimum atomic E-state index is -0.335. The van der Waals surface area contributed by atoms with Gasteiger partial charge in [0.25, 0.3) is 0 Å². The van der Waals surface area contributed by atoms with Gasteiger partial charge in [-0.3, -0.25) is 0 Å². The predicted molar refractivity (Wildman–Crippen MR) is 52.2 cm³/mol. The normalized spacial score (nSPS) is 9.85. The number of ether oxygens (including phenoxy) is 1. The molecule has 0 aromatic heterocycles. The zero-order valence-corrected chi connectivity index (χ0v) is 7.86. The highest BCUT2D eigenvalue weighted by Crippen LogP contribution is 2.26. The van der Waals surface area contributed by atoms with Crippen molar-refractivity contribution in [2.24, 2.45) is 0 Å². The summed E-state index contributed by atoms with van der Waals surface area (Å²) < 4.78 is 10.4. The third-order valence-corrected chi connectivity index (χ3v) is 1.43. The highest BCUT2D eigenvalue weighted by atomic mass is 16.5. The van der Waals surface area contributed by atoms with E-state index in [1.807, 2.05) is 32.0 Å². The molecule has 13 heavy (non-hydrogen) atoms. The van der Waals surface area contributed by atoms with Crippen LogP contribution in [0.25, 0.3) is 0 Å². The second kappa shape index (κ2) is 4.77. The van der Waals surface area contributed by atoms with Crippen molar-refractivity contribution in [2.45, 2.75) is 20.0 Å². The van der Waals surface area contributed by atoms with Crippen molar-refractivity contribution in [1.82, 2.24) is 0 Å². The Morgan fingerprint density at radius 2 is 1.85 bits per heavy atom. The summed E-state index contributed by atoms with van der Waals surface area (Å²) in [5.41, 5.74) is 0. The molecule has 1 rings (SSSR count). The largest absolute Gasteiger partial charge is 0.536 e. The average molecular weight is 180 g/mol. The first kappa shape index (κ1) is 9.93. The van der Waals surface area contributed by atoms with E-state index < -0.39 is 0 Å². The van der Waals surface area contributed by atoms with Gasteiger partial charge in [-0.1, -0.05) is 12.1 Å². The lowest BCUT2D eigenvalue weighted by atomic mass is 10.3. The van der Waals surface area contributed by atoms with Crippen molar-refractivity contribution >= 4 is 7.69 Å². The van der Waals surface area contributed by atoms with Crippen molar-refractivity contribution in [3.05, 3.63) is 24.3 Å². The highest BCUT2D eigenvalue weighted by molar-refractivity contribution is 6.17. The van der Waals surface area contributed by atoms with E-state index >= 15 is 0 Å². The van der Waals surface area contributed by atoms with E-state index in [0.717, 1.165) is 0 Å². The molecule has 0 fully saturated rings. The third kappa shape index (κ3) is 2.99. The van der Waals surface area contributed by atoms with Crippen LogP contribution in [0.5, 0.6) is 11.5 Å². The molecule has 4 heteroatoms. The van der Waals surface area contributed by atoms with Crippen LogP contribution >= 0.6 is 0 Å². The van der Waals surface area contributed by atoms with E-state index in [9.17, 15) is 0 Å². The fourth-order valence-electron chi connectivity index (χ4n) is 0.990. The van der Waals surface area contributed by atoms with Crippen LogP contribution < -0.4 is 9.39 Å². The highest BCUT2D eigenvalue weighted by Gasteiger charge is 2.04. The lowest BCUT2D eigenvalue weighted by Gasteiger charge is -2.13. The molecule has 0 spiro atoms. The summed E-state index contributed by atoms with van der Waals surface area (Å²) in [5.74, 6) is 1.23. The molecule has 0 aliphatic carbocycles. The Bertz CT molecular complexity index is 263. The van der Waals surface area contributed by atoms with Gasteiger partial charge in [0.2, 0.25) is 0 Å². The number of para-hydroxylation sites is 2. The molecular weight excluding hydrogens is 167 g/mol. The van der Waals surface area contributed by atoms with Gasteiger partial charge in [-0.2, -0.15) is 0 Å². The van der Waals surface area contributed by atoms with E-state index in [1.54, 1.807) is 6.07 Å². The molecule has 1 N–H and O–H groups in total. The molecule has 0 bridgehead atoms. The van der Waals surface area contributed by atoms with Crippen molar-refractivity contribution in [2.75, 3.05) is 0 Å². The molecule has 0 unspecified atom stereocenters. The first-order chi connectivity index (χ1) is 6.24. The van der Waals surface area contributed by atoms with Crippen LogP contribution in [0.4, 0.5) is 0 Å². The van der Waals surface area contributed by atoms with Crippen LogP contribution in [0.1, 0.15) is 13.8 Å². The SMILES string of the molecule is CC(C)Oc1ccccc1OBO. The van der Waals surface area contributed by atoms with Crippen LogP contribution in [0, 0.1) is 0 Å². The maximum absolute atomic E-state index is 8.60. The zero-order valence-electron chi connectivity index (χ0n) is 7.86. The number of hydrogen-bond acceptors (Lipinski definition) is 3. The van der Waals surface area contributed by atoms with Crippen LogP contribution in [-0.4, -0.2) is 18.8 Å². The number of benzene rings is 1. The second-order valence-corrected chi connectivity index (χ2v) is 2.89. The summed E-state index contributed by atoms with van der Waals surface area (Å²) in [6.45, 7) is 3.88. The smallest absolute Gasteiger partial charge is 0.504 e. The van der Waals surface area contributed by atoms with Crippen molar-refractivity contribution in [3.63, 3.8) is 0 Å². The zero-order chi connectivity index (χ0) is 9.68. The Kier molecular flexibility index (Phi) is 3.64. The lowest BCUT2D eigenvalue weighted by molar-refractivity contribution is 0.235. The second-order valence-electron chi connectivity index (χ2n) is 2.89. The fraction of sp³-hybridized carbons (Fsp3) is 0.333. The minimum Gasteiger partial charge on any atom is -0.536 e. The summed E-state index contributed by atoms with van der Waals surface area (Å²) in [7, 11) is -0.335. The molecule has 0 atom stereocenters. The Morgan fingerprint density at radius 3 is 2.38 bits per heavy atom. The van der Waals surface area contributed by atoms with E-state index in [2.05, 4.69) is 0 Å². The molecule has 0 radical (unpaired) electrons. The molecule has 70 valence electrons. The Morgan fingerprint density at radius 1 is 1.23 bits per heavy atom. The molecule has 1 aromatic rings. The molecule has 0 aliphatic rings. The van der Waals surface area contributed by atoms with Gasteiger partial charge in [0.15, 0.2) is 5.75 Å². The van der Waals surface area contributed by atoms with Crippen molar-refractivity contribution < 1.29 is 14.4 Å².